The Morgan fingerprint density at radius 1 is 1.05 bits per heavy atom. The Morgan fingerprint density at radius 3 is 2.37 bits per heavy atom. The van der Waals surface area contributed by atoms with Crippen LogP contribution in [0.2, 0.25) is 0 Å². The van der Waals surface area contributed by atoms with E-state index in [2.05, 4.69) is 36.3 Å². The summed E-state index contributed by atoms with van der Waals surface area (Å²) in [6.07, 6.45) is 2.15. The molecule has 43 heavy (non-hydrogen) atoms. The molecule has 1 unspecified atom stereocenters. The predicted octanol–water partition coefficient (Wildman–Crippen LogP) is 0.745. The van der Waals surface area contributed by atoms with Crippen molar-refractivity contribution in [2.45, 2.75) is 63.8 Å². The van der Waals surface area contributed by atoms with Crippen LogP contribution in [0.15, 0.2) is 47.2 Å². The Balaban J connectivity index is 1.47. The van der Waals surface area contributed by atoms with E-state index in [1.165, 1.54) is 19.5 Å². The number of amides is 3. The minimum atomic E-state index is -1.16. The first kappa shape index (κ1) is 31.5. The first-order valence-electron chi connectivity index (χ1n) is 14.0. The Bertz CT molecular complexity index is 1390. The van der Waals surface area contributed by atoms with Crippen molar-refractivity contribution in [1.29, 1.82) is 0 Å². The van der Waals surface area contributed by atoms with Crippen molar-refractivity contribution in [1.82, 2.24) is 36.3 Å². The monoisotopic (exact) mass is 595 g/mol. The summed E-state index contributed by atoms with van der Waals surface area (Å²) in [6, 6.07) is 7.58. The zero-order valence-electron chi connectivity index (χ0n) is 24.6. The molecule has 4 N–H and O–H groups in total. The van der Waals surface area contributed by atoms with E-state index in [1.807, 2.05) is 44.2 Å². The van der Waals surface area contributed by atoms with Crippen LogP contribution in [0, 0.1) is 5.92 Å². The second-order valence-corrected chi connectivity index (χ2v) is 11.1. The smallest absolute Gasteiger partial charge is 0.274 e. The van der Waals surface area contributed by atoms with E-state index >= 15 is 0 Å². The largest absolute Gasteiger partial charge is 0.382 e. The molecule has 0 radical (unpaired) electrons. The lowest BCUT2D eigenvalue weighted by Gasteiger charge is -2.26. The van der Waals surface area contributed by atoms with E-state index in [4.69, 9.17) is 14.0 Å². The van der Waals surface area contributed by atoms with Crippen LogP contribution in [0.25, 0.3) is 0 Å². The van der Waals surface area contributed by atoms with Gasteiger partial charge in [-0.25, -0.2) is 4.98 Å². The molecule has 4 rings (SSSR count). The number of epoxide rings is 1. The first-order valence-corrected chi connectivity index (χ1v) is 14.0. The molecular formula is C29H37N7O7. The maximum absolute atomic E-state index is 13.6. The van der Waals surface area contributed by atoms with Gasteiger partial charge < -0.3 is 29.9 Å². The molecule has 0 spiro atoms. The number of carbonyl (C=O) groups excluding carboxylic acids is 4. The van der Waals surface area contributed by atoms with Gasteiger partial charge in [-0.1, -0.05) is 49.3 Å². The van der Waals surface area contributed by atoms with Crippen molar-refractivity contribution >= 4 is 23.5 Å². The number of aromatic amines is 1. The minimum absolute atomic E-state index is 0.0483. The molecule has 2 aromatic heterocycles. The second kappa shape index (κ2) is 14.2. The van der Waals surface area contributed by atoms with Gasteiger partial charge in [0.2, 0.25) is 11.8 Å². The molecule has 3 heterocycles. The molecule has 1 fully saturated rings. The summed E-state index contributed by atoms with van der Waals surface area (Å²) in [5, 5.41) is 18.4. The van der Waals surface area contributed by atoms with Gasteiger partial charge in [0.25, 0.3) is 5.91 Å². The van der Waals surface area contributed by atoms with Gasteiger partial charge in [-0.3, -0.25) is 24.3 Å². The average Bonchev–Trinajstić information content (AvgIpc) is 3.33. The highest BCUT2D eigenvalue weighted by molar-refractivity contribution is 5.99. The third-order valence-corrected chi connectivity index (χ3v) is 6.91. The topological polar surface area (TPSA) is 194 Å². The number of hydrogen-bond acceptors (Lipinski definition) is 10. The molecule has 1 aliphatic heterocycles. The van der Waals surface area contributed by atoms with E-state index in [0.717, 1.165) is 5.56 Å². The number of hydrogen-bond donors (Lipinski definition) is 4. The molecule has 4 atom stereocenters. The number of ether oxygens (including phenoxy) is 2. The summed E-state index contributed by atoms with van der Waals surface area (Å²) in [7, 11) is 1.38. The quantitative estimate of drug-likeness (QED) is 0.172. The maximum atomic E-state index is 13.6. The highest BCUT2D eigenvalue weighted by Crippen LogP contribution is 2.29. The number of nitrogens with zero attached hydrogens (tertiary/aromatic N) is 3. The van der Waals surface area contributed by atoms with Gasteiger partial charge in [0.15, 0.2) is 11.5 Å². The van der Waals surface area contributed by atoms with Crippen LogP contribution < -0.4 is 16.0 Å². The molecule has 1 aliphatic rings. The lowest BCUT2D eigenvalue weighted by Crippen LogP contribution is -2.58. The number of Topliss-reactive ketones (excluding diaryl/α,β-unsaturated/α-hetero) is 1. The van der Waals surface area contributed by atoms with Crippen LogP contribution >= 0.6 is 0 Å². The third-order valence-electron chi connectivity index (χ3n) is 6.91. The number of carbonyl (C=O) groups is 4. The van der Waals surface area contributed by atoms with Crippen molar-refractivity contribution in [3.63, 3.8) is 0 Å². The summed E-state index contributed by atoms with van der Waals surface area (Å²) in [4.78, 5) is 57.2. The Labute approximate surface area is 248 Å². The highest BCUT2D eigenvalue weighted by atomic mass is 16.6. The van der Waals surface area contributed by atoms with Gasteiger partial charge in [-0.15, -0.1) is 0 Å². The lowest BCUT2D eigenvalue weighted by molar-refractivity contribution is -0.133. The van der Waals surface area contributed by atoms with Crippen LogP contribution in [0.3, 0.4) is 0 Å². The maximum Gasteiger partial charge on any atom is 0.274 e. The Hall–Kier alpha value is -4.43. The summed E-state index contributed by atoms with van der Waals surface area (Å²) in [5.74, 6) is -1.05. The van der Waals surface area contributed by atoms with Crippen molar-refractivity contribution in [2.75, 3.05) is 20.3 Å². The van der Waals surface area contributed by atoms with Crippen molar-refractivity contribution in [2.24, 2.45) is 5.92 Å². The number of H-pyrrole nitrogens is 1. The summed E-state index contributed by atoms with van der Waals surface area (Å²) in [6.45, 7) is 5.73. The molecule has 1 aromatic carbocycles. The fraction of sp³-hybridized carbons (Fsp3) is 0.483. The first-order chi connectivity index (χ1) is 20.6. The van der Waals surface area contributed by atoms with E-state index in [1.54, 1.807) is 6.92 Å². The molecule has 1 saturated heterocycles. The summed E-state index contributed by atoms with van der Waals surface area (Å²) in [5.41, 5.74) is -0.177. The summed E-state index contributed by atoms with van der Waals surface area (Å²) < 4.78 is 15.7. The zero-order valence-corrected chi connectivity index (χ0v) is 24.6. The Kier molecular flexibility index (Phi) is 10.4. The van der Waals surface area contributed by atoms with Crippen LogP contribution in [-0.4, -0.2) is 87.9 Å². The number of methoxy groups -OCH3 is 1. The molecule has 0 bridgehead atoms. The highest BCUT2D eigenvalue weighted by Gasteiger charge is 2.50. The average molecular weight is 596 g/mol. The van der Waals surface area contributed by atoms with Crippen LogP contribution in [0.4, 0.5) is 0 Å². The molecular weight excluding hydrogens is 558 g/mol. The normalized spacial score (nSPS) is 18.0. The molecule has 230 valence electrons. The molecule has 3 amide bonds. The molecule has 0 aliphatic carbocycles. The van der Waals surface area contributed by atoms with Gasteiger partial charge in [-0.2, -0.15) is 5.10 Å². The van der Waals surface area contributed by atoms with E-state index in [-0.39, 0.29) is 36.8 Å². The van der Waals surface area contributed by atoms with Crippen LogP contribution in [-0.2, 0) is 36.7 Å². The van der Waals surface area contributed by atoms with Gasteiger partial charge in [0, 0.05) is 19.6 Å². The van der Waals surface area contributed by atoms with Gasteiger partial charge in [0.1, 0.15) is 35.6 Å². The minimum Gasteiger partial charge on any atom is -0.382 e. The number of rotatable bonds is 16. The third kappa shape index (κ3) is 8.78. The number of aromatic nitrogens is 4. The number of ketones is 1. The van der Waals surface area contributed by atoms with Gasteiger partial charge in [0.05, 0.1) is 25.7 Å². The number of benzene rings is 1. The van der Waals surface area contributed by atoms with E-state index < -0.39 is 41.4 Å². The zero-order chi connectivity index (χ0) is 31.0. The van der Waals surface area contributed by atoms with Crippen LogP contribution in [0.5, 0.6) is 0 Å². The second-order valence-electron chi connectivity index (χ2n) is 11.1. The molecule has 0 saturated carbocycles. The van der Waals surface area contributed by atoms with Gasteiger partial charge >= 0.3 is 0 Å². The van der Waals surface area contributed by atoms with Crippen molar-refractivity contribution in [3.05, 3.63) is 65.6 Å². The van der Waals surface area contributed by atoms with Crippen molar-refractivity contribution in [3.8, 4) is 0 Å². The van der Waals surface area contributed by atoms with E-state index in [0.29, 0.717) is 24.6 Å². The Morgan fingerprint density at radius 2 is 1.74 bits per heavy atom. The number of nitrogens with one attached hydrogen (secondary N) is 4. The molecule has 14 heteroatoms. The molecule has 14 nitrogen and oxygen atoms in total. The van der Waals surface area contributed by atoms with E-state index in [9.17, 15) is 19.2 Å². The van der Waals surface area contributed by atoms with Gasteiger partial charge in [-0.05, 0) is 24.8 Å². The fourth-order valence-electron chi connectivity index (χ4n) is 4.49. The fourth-order valence-corrected chi connectivity index (χ4v) is 4.49. The van der Waals surface area contributed by atoms with Crippen molar-refractivity contribution < 1.29 is 33.2 Å². The summed E-state index contributed by atoms with van der Waals surface area (Å²) >= 11 is 0. The SMILES string of the molecule is COC[C@H](NC(=O)c1cc(Cc2ncn[nH]2)on1)C(=O)N[C@@H](Cc1ccccc1)C(=O)NC(CC(C)C)C(=O)[C@@]1(C)CO1. The standard InChI is InChI=1S/C29H37N7O7/c1-17(2)10-20(25(37)29(3)15-42-29)32-26(38)21(11-18-8-6-5-7-9-18)33-28(40)23(14-41-4)34-27(39)22-12-19(43-36-22)13-24-30-16-31-35-24/h5-9,12,16-17,20-21,23H,10-11,13-15H2,1-4H3,(H,32,38)(H,33,40)(H,34,39)(H,30,31,35)/t20?,21-,23-,29+/m0/s1. The van der Waals surface area contributed by atoms with Crippen LogP contribution in [0.1, 0.15) is 54.8 Å². The lowest BCUT2D eigenvalue weighted by atomic mass is 9.93. The predicted molar refractivity (Wildman–Crippen MR) is 152 cm³/mol. The molecule has 3 aromatic rings.